The highest BCUT2D eigenvalue weighted by molar-refractivity contribution is 5.53. The van der Waals surface area contributed by atoms with Crippen LogP contribution in [0.3, 0.4) is 0 Å². The van der Waals surface area contributed by atoms with E-state index in [9.17, 15) is 13.2 Å². The van der Waals surface area contributed by atoms with Crippen LogP contribution in [0.2, 0.25) is 0 Å². The van der Waals surface area contributed by atoms with Gasteiger partial charge in [-0.1, -0.05) is 12.1 Å². The second-order valence-electron chi connectivity index (χ2n) is 4.33. The third-order valence-electron chi connectivity index (χ3n) is 3.19. The summed E-state index contributed by atoms with van der Waals surface area (Å²) in [7, 11) is 0. The lowest BCUT2D eigenvalue weighted by molar-refractivity contribution is -0.137. The number of hydrogen-bond acceptors (Lipinski definition) is 2. The van der Waals surface area contributed by atoms with E-state index >= 15 is 0 Å². The molecule has 0 atom stereocenters. The zero-order valence-electron chi connectivity index (χ0n) is 9.35. The summed E-state index contributed by atoms with van der Waals surface area (Å²) in [6.07, 6.45) is -2.91. The fraction of sp³-hybridized carbons (Fsp3) is 0.500. The molecule has 1 aromatic rings. The lowest BCUT2D eigenvalue weighted by Gasteiger charge is -2.26. The van der Waals surface area contributed by atoms with Crippen LogP contribution in [0, 0.1) is 0 Å². The topological polar surface area (TPSA) is 38.0 Å². The molecule has 3 N–H and O–H groups in total. The summed E-state index contributed by atoms with van der Waals surface area (Å²) in [4.78, 5) is 0. The third-order valence-corrected chi connectivity index (χ3v) is 3.19. The number of piperidine rings is 1. The Hall–Kier alpha value is -1.23. The van der Waals surface area contributed by atoms with E-state index < -0.39 is 11.7 Å². The van der Waals surface area contributed by atoms with Crippen molar-refractivity contribution >= 4 is 5.69 Å². The first-order chi connectivity index (χ1) is 8.00. The van der Waals surface area contributed by atoms with Crippen molar-refractivity contribution in [3.63, 3.8) is 0 Å². The zero-order valence-corrected chi connectivity index (χ0v) is 9.35. The van der Waals surface area contributed by atoms with Gasteiger partial charge in [0.1, 0.15) is 0 Å². The van der Waals surface area contributed by atoms with Gasteiger partial charge in [-0.25, -0.2) is 0 Å². The first-order valence-electron chi connectivity index (χ1n) is 5.66. The molecular formula is C12H15F3N2. The lowest BCUT2D eigenvalue weighted by Crippen LogP contribution is -2.28. The van der Waals surface area contributed by atoms with Crippen molar-refractivity contribution in [1.82, 2.24) is 5.32 Å². The van der Waals surface area contributed by atoms with Crippen LogP contribution >= 0.6 is 0 Å². The molecule has 2 nitrogen and oxygen atoms in total. The molecule has 5 heteroatoms. The SMILES string of the molecule is Nc1cccc(C2CCNCC2)c1C(F)(F)F. The molecule has 2 rings (SSSR count). The first-order valence-corrected chi connectivity index (χ1v) is 5.66. The largest absolute Gasteiger partial charge is 0.418 e. The van der Waals surface area contributed by atoms with Gasteiger partial charge in [0.2, 0.25) is 0 Å². The molecule has 0 radical (unpaired) electrons. The van der Waals surface area contributed by atoms with Crippen LogP contribution in [-0.4, -0.2) is 13.1 Å². The maximum atomic E-state index is 13.0. The number of alkyl halides is 3. The van der Waals surface area contributed by atoms with Crippen LogP contribution in [-0.2, 0) is 6.18 Å². The molecule has 0 aromatic heterocycles. The summed E-state index contributed by atoms with van der Waals surface area (Å²) < 4.78 is 38.9. The van der Waals surface area contributed by atoms with Crippen LogP contribution in [0.1, 0.15) is 29.9 Å². The van der Waals surface area contributed by atoms with Crippen molar-refractivity contribution < 1.29 is 13.2 Å². The molecule has 0 spiro atoms. The van der Waals surface area contributed by atoms with Crippen LogP contribution in [0.25, 0.3) is 0 Å². The number of halogens is 3. The van der Waals surface area contributed by atoms with Crippen molar-refractivity contribution in [2.24, 2.45) is 0 Å². The highest BCUT2D eigenvalue weighted by Gasteiger charge is 2.37. The number of nitrogen functional groups attached to an aromatic ring is 1. The number of nitrogens with two attached hydrogens (primary N) is 1. The molecule has 1 heterocycles. The van der Waals surface area contributed by atoms with E-state index in [2.05, 4.69) is 5.32 Å². The van der Waals surface area contributed by atoms with E-state index in [1.807, 2.05) is 0 Å². The van der Waals surface area contributed by atoms with E-state index in [-0.39, 0.29) is 11.6 Å². The Morgan fingerprint density at radius 1 is 1.18 bits per heavy atom. The average molecular weight is 244 g/mol. The molecule has 0 saturated carbocycles. The zero-order chi connectivity index (χ0) is 12.5. The summed E-state index contributed by atoms with van der Waals surface area (Å²) >= 11 is 0. The quantitative estimate of drug-likeness (QED) is 0.745. The van der Waals surface area contributed by atoms with Gasteiger partial charge in [-0.2, -0.15) is 13.2 Å². The maximum Gasteiger partial charge on any atom is 0.418 e. The predicted octanol–water partition coefficient (Wildman–Crippen LogP) is 2.75. The van der Waals surface area contributed by atoms with E-state index in [0.29, 0.717) is 5.56 Å². The number of hydrogen-bond donors (Lipinski definition) is 2. The molecule has 1 aliphatic rings. The average Bonchev–Trinajstić information content (AvgIpc) is 2.28. The van der Waals surface area contributed by atoms with Crippen LogP contribution in [0.15, 0.2) is 18.2 Å². The van der Waals surface area contributed by atoms with Gasteiger partial charge in [-0.15, -0.1) is 0 Å². The second kappa shape index (κ2) is 4.56. The summed E-state index contributed by atoms with van der Waals surface area (Å²) in [5, 5.41) is 3.14. The number of benzene rings is 1. The van der Waals surface area contributed by atoms with Gasteiger partial charge >= 0.3 is 6.18 Å². The van der Waals surface area contributed by atoms with Crippen LogP contribution in [0.4, 0.5) is 18.9 Å². The van der Waals surface area contributed by atoms with Crippen molar-refractivity contribution in [2.45, 2.75) is 24.9 Å². The van der Waals surface area contributed by atoms with E-state index in [0.717, 1.165) is 25.9 Å². The summed E-state index contributed by atoms with van der Waals surface area (Å²) in [6, 6.07) is 4.46. The molecule has 0 bridgehead atoms. The van der Waals surface area contributed by atoms with E-state index in [1.54, 1.807) is 12.1 Å². The minimum absolute atomic E-state index is 0.0450. The Kier molecular flexibility index (Phi) is 3.28. The minimum atomic E-state index is -4.37. The summed E-state index contributed by atoms with van der Waals surface area (Å²) in [5.74, 6) is -0.0450. The Balaban J connectivity index is 2.42. The van der Waals surface area contributed by atoms with Gasteiger partial charge < -0.3 is 11.1 Å². The minimum Gasteiger partial charge on any atom is -0.398 e. The molecule has 0 amide bonds. The van der Waals surface area contributed by atoms with Gasteiger partial charge in [0.15, 0.2) is 0 Å². The monoisotopic (exact) mass is 244 g/mol. The highest BCUT2D eigenvalue weighted by Crippen LogP contribution is 2.40. The Labute approximate surface area is 98.0 Å². The van der Waals surface area contributed by atoms with Crippen LogP contribution in [0.5, 0.6) is 0 Å². The standard InChI is InChI=1S/C12H15F3N2/c13-12(14,15)11-9(2-1-3-10(11)16)8-4-6-17-7-5-8/h1-3,8,17H,4-7,16H2. The molecule has 1 saturated heterocycles. The van der Waals surface area contributed by atoms with Gasteiger partial charge in [-0.3, -0.25) is 0 Å². The van der Waals surface area contributed by atoms with Crippen molar-refractivity contribution in [3.05, 3.63) is 29.3 Å². The molecule has 17 heavy (non-hydrogen) atoms. The summed E-state index contributed by atoms with van der Waals surface area (Å²) in [5.41, 5.74) is 5.01. The molecule has 0 unspecified atom stereocenters. The predicted molar refractivity (Wildman–Crippen MR) is 60.7 cm³/mol. The molecule has 1 fully saturated rings. The fourth-order valence-corrected chi connectivity index (χ4v) is 2.39. The summed E-state index contributed by atoms with van der Waals surface area (Å²) in [6.45, 7) is 1.52. The number of anilines is 1. The lowest BCUT2D eigenvalue weighted by atomic mass is 9.86. The van der Waals surface area contributed by atoms with Crippen LogP contribution < -0.4 is 11.1 Å². The second-order valence-corrected chi connectivity index (χ2v) is 4.33. The third kappa shape index (κ3) is 2.54. The molecule has 1 aliphatic heterocycles. The van der Waals surface area contributed by atoms with E-state index in [1.165, 1.54) is 6.07 Å². The fourth-order valence-electron chi connectivity index (χ4n) is 2.39. The Morgan fingerprint density at radius 3 is 2.41 bits per heavy atom. The van der Waals surface area contributed by atoms with Gasteiger partial charge in [0.05, 0.1) is 5.56 Å². The van der Waals surface area contributed by atoms with Gasteiger partial charge in [0, 0.05) is 5.69 Å². The Bertz CT molecular complexity index is 395. The Morgan fingerprint density at radius 2 is 1.82 bits per heavy atom. The van der Waals surface area contributed by atoms with E-state index in [4.69, 9.17) is 5.73 Å². The smallest absolute Gasteiger partial charge is 0.398 e. The maximum absolute atomic E-state index is 13.0. The normalized spacial score (nSPS) is 18.3. The van der Waals surface area contributed by atoms with Gasteiger partial charge in [-0.05, 0) is 43.5 Å². The number of nitrogens with one attached hydrogen (secondary N) is 1. The molecular weight excluding hydrogens is 229 g/mol. The van der Waals surface area contributed by atoms with Crippen molar-refractivity contribution in [3.8, 4) is 0 Å². The molecule has 94 valence electrons. The van der Waals surface area contributed by atoms with Gasteiger partial charge in [0.25, 0.3) is 0 Å². The first kappa shape index (κ1) is 12.2. The van der Waals surface area contributed by atoms with Crippen molar-refractivity contribution in [1.29, 1.82) is 0 Å². The molecule has 1 aromatic carbocycles. The van der Waals surface area contributed by atoms with Crippen molar-refractivity contribution in [2.75, 3.05) is 18.8 Å². The number of rotatable bonds is 1. The molecule has 0 aliphatic carbocycles. The highest BCUT2D eigenvalue weighted by atomic mass is 19.4.